The monoisotopic (exact) mass is 260 g/mol. The molecule has 2 aromatic rings. The SMILES string of the molecule is CC(C)(C)C(=Cn1ccnc1)c1ccc(Cl)cc1. The van der Waals surface area contributed by atoms with Crippen molar-refractivity contribution in [3.8, 4) is 0 Å². The molecule has 0 N–H and O–H groups in total. The largest absolute Gasteiger partial charge is 0.313 e. The van der Waals surface area contributed by atoms with E-state index in [1.54, 1.807) is 12.5 Å². The minimum atomic E-state index is 0.0537. The van der Waals surface area contributed by atoms with Crippen LogP contribution >= 0.6 is 11.6 Å². The fourth-order valence-electron chi connectivity index (χ4n) is 1.83. The minimum absolute atomic E-state index is 0.0537. The third-order valence-corrected chi connectivity index (χ3v) is 3.02. The summed E-state index contributed by atoms with van der Waals surface area (Å²) in [5.41, 5.74) is 2.48. The maximum absolute atomic E-state index is 5.94. The topological polar surface area (TPSA) is 17.8 Å². The second kappa shape index (κ2) is 4.99. The number of hydrogen-bond acceptors (Lipinski definition) is 1. The average Bonchev–Trinajstić information content (AvgIpc) is 2.79. The van der Waals surface area contributed by atoms with Crippen molar-refractivity contribution in [2.45, 2.75) is 20.8 Å². The third kappa shape index (κ3) is 3.02. The molecule has 0 bridgehead atoms. The summed E-state index contributed by atoms with van der Waals surface area (Å²) in [5, 5.41) is 0.759. The van der Waals surface area contributed by atoms with Crippen LogP contribution in [0.15, 0.2) is 43.0 Å². The number of hydrogen-bond donors (Lipinski definition) is 0. The molecule has 0 saturated heterocycles. The first-order valence-corrected chi connectivity index (χ1v) is 6.30. The Morgan fingerprint density at radius 1 is 1.22 bits per heavy atom. The number of allylic oxidation sites excluding steroid dienone is 1. The molecule has 0 atom stereocenters. The molecule has 0 fully saturated rings. The van der Waals surface area contributed by atoms with E-state index in [0.717, 1.165) is 5.02 Å². The highest BCUT2D eigenvalue weighted by molar-refractivity contribution is 6.30. The number of benzene rings is 1. The Balaban J connectivity index is 2.47. The molecule has 1 heterocycles. The molecular weight excluding hydrogens is 244 g/mol. The molecule has 0 spiro atoms. The first-order chi connectivity index (χ1) is 8.47. The summed E-state index contributed by atoms with van der Waals surface area (Å²) in [7, 11) is 0. The second-order valence-electron chi connectivity index (χ2n) is 5.31. The summed E-state index contributed by atoms with van der Waals surface area (Å²) in [6, 6.07) is 7.95. The Hall–Kier alpha value is -1.54. The average molecular weight is 261 g/mol. The zero-order chi connectivity index (χ0) is 13.2. The van der Waals surface area contributed by atoms with Crippen LogP contribution in [0.5, 0.6) is 0 Å². The Bertz CT molecular complexity index is 531. The third-order valence-electron chi connectivity index (χ3n) is 2.77. The number of aromatic nitrogens is 2. The fourth-order valence-corrected chi connectivity index (χ4v) is 1.95. The molecule has 2 rings (SSSR count). The van der Waals surface area contributed by atoms with E-state index in [0.29, 0.717) is 0 Å². The van der Waals surface area contributed by atoms with Crippen LogP contribution in [0.25, 0.3) is 11.8 Å². The molecule has 0 saturated carbocycles. The van der Waals surface area contributed by atoms with Gasteiger partial charge in [0.15, 0.2) is 0 Å². The van der Waals surface area contributed by atoms with Crippen LogP contribution in [0.3, 0.4) is 0 Å². The molecule has 0 aliphatic carbocycles. The Kier molecular flexibility index (Phi) is 3.58. The lowest BCUT2D eigenvalue weighted by molar-refractivity contribution is 0.568. The van der Waals surface area contributed by atoms with Crippen LogP contribution in [-0.4, -0.2) is 9.55 Å². The fraction of sp³-hybridized carbons (Fsp3) is 0.267. The van der Waals surface area contributed by atoms with Crippen molar-refractivity contribution < 1.29 is 0 Å². The molecule has 0 radical (unpaired) electrons. The van der Waals surface area contributed by atoms with Gasteiger partial charge in [-0.25, -0.2) is 4.98 Å². The number of halogens is 1. The van der Waals surface area contributed by atoms with Gasteiger partial charge in [-0.2, -0.15) is 0 Å². The van der Waals surface area contributed by atoms with Gasteiger partial charge in [0.2, 0.25) is 0 Å². The van der Waals surface area contributed by atoms with Crippen molar-refractivity contribution in [2.24, 2.45) is 5.41 Å². The van der Waals surface area contributed by atoms with Crippen molar-refractivity contribution in [3.63, 3.8) is 0 Å². The predicted octanol–water partition coefficient (Wildman–Crippen LogP) is 4.58. The zero-order valence-corrected chi connectivity index (χ0v) is 11.6. The summed E-state index contributed by atoms with van der Waals surface area (Å²) in [6.45, 7) is 6.60. The van der Waals surface area contributed by atoms with E-state index in [1.807, 2.05) is 22.9 Å². The Labute approximate surface area is 113 Å². The maximum atomic E-state index is 5.94. The molecule has 1 aromatic carbocycles. The standard InChI is InChI=1S/C15H17ClN2/c1-15(2,3)14(10-18-9-8-17-11-18)12-4-6-13(16)7-5-12/h4-11H,1-3H3. The normalized spacial score (nSPS) is 12.8. The van der Waals surface area contributed by atoms with Gasteiger partial charge in [-0.3, -0.25) is 0 Å². The summed E-state index contributed by atoms with van der Waals surface area (Å²) in [6.07, 6.45) is 7.61. The van der Waals surface area contributed by atoms with Crippen molar-refractivity contribution in [3.05, 3.63) is 53.6 Å². The van der Waals surface area contributed by atoms with Crippen LogP contribution in [0.2, 0.25) is 5.02 Å². The molecule has 0 aliphatic rings. The van der Waals surface area contributed by atoms with E-state index < -0.39 is 0 Å². The molecule has 1 aromatic heterocycles. The van der Waals surface area contributed by atoms with Crippen LogP contribution < -0.4 is 0 Å². The molecule has 0 aliphatic heterocycles. The van der Waals surface area contributed by atoms with Crippen LogP contribution in [0.4, 0.5) is 0 Å². The summed E-state index contributed by atoms with van der Waals surface area (Å²) < 4.78 is 1.97. The van der Waals surface area contributed by atoms with Crippen molar-refractivity contribution in [1.82, 2.24) is 9.55 Å². The summed E-state index contributed by atoms with van der Waals surface area (Å²) in [4.78, 5) is 4.06. The van der Waals surface area contributed by atoms with Crippen molar-refractivity contribution in [1.29, 1.82) is 0 Å². The summed E-state index contributed by atoms with van der Waals surface area (Å²) in [5.74, 6) is 0. The van der Waals surface area contributed by atoms with Crippen LogP contribution in [0.1, 0.15) is 26.3 Å². The Morgan fingerprint density at radius 2 is 1.89 bits per heavy atom. The second-order valence-corrected chi connectivity index (χ2v) is 5.75. The minimum Gasteiger partial charge on any atom is -0.313 e. The lowest BCUT2D eigenvalue weighted by Crippen LogP contribution is -2.09. The molecule has 0 unspecified atom stereocenters. The highest BCUT2D eigenvalue weighted by atomic mass is 35.5. The number of rotatable bonds is 2. The first kappa shape index (κ1) is 12.9. The lowest BCUT2D eigenvalue weighted by atomic mass is 9.83. The van der Waals surface area contributed by atoms with Crippen molar-refractivity contribution >= 4 is 23.4 Å². The van der Waals surface area contributed by atoms with Gasteiger partial charge >= 0.3 is 0 Å². The highest BCUT2D eigenvalue weighted by Gasteiger charge is 2.18. The van der Waals surface area contributed by atoms with E-state index in [4.69, 9.17) is 11.6 Å². The van der Waals surface area contributed by atoms with Gasteiger partial charge in [0.25, 0.3) is 0 Å². The molecular formula is C15H17ClN2. The van der Waals surface area contributed by atoms with E-state index in [9.17, 15) is 0 Å². The quantitative estimate of drug-likeness (QED) is 0.773. The van der Waals surface area contributed by atoms with Gasteiger partial charge in [0.1, 0.15) is 0 Å². The van der Waals surface area contributed by atoms with Gasteiger partial charge in [-0.15, -0.1) is 0 Å². The smallest absolute Gasteiger partial charge is 0.0986 e. The first-order valence-electron chi connectivity index (χ1n) is 5.92. The Morgan fingerprint density at radius 3 is 2.39 bits per heavy atom. The summed E-state index contributed by atoms with van der Waals surface area (Å²) >= 11 is 5.94. The van der Waals surface area contributed by atoms with Gasteiger partial charge in [0, 0.05) is 23.6 Å². The van der Waals surface area contributed by atoms with Gasteiger partial charge in [0.05, 0.1) is 6.33 Å². The maximum Gasteiger partial charge on any atom is 0.0986 e. The highest BCUT2D eigenvalue weighted by Crippen LogP contribution is 2.34. The molecule has 2 nitrogen and oxygen atoms in total. The number of imidazole rings is 1. The van der Waals surface area contributed by atoms with E-state index in [1.165, 1.54) is 11.1 Å². The molecule has 0 amide bonds. The van der Waals surface area contributed by atoms with Crippen LogP contribution in [-0.2, 0) is 0 Å². The van der Waals surface area contributed by atoms with Gasteiger partial charge < -0.3 is 4.57 Å². The van der Waals surface area contributed by atoms with E-state index >= 15 is 0 Å². The molecule has 94 valence electrons. The van der Waals surface area contributed by atoms with Crippen molar-refractivity contribution in [2.75, 3.05) is 0 Å². The van der Waals surface area contributed by atoms with E-state index in [2.05, 4.69) is 44.1 Å². The molecule has 3 heteroatoms. The van der Waals surface area contributed by atoms with Crippen LogP contribution in [0, 0.1) is 5.41 Å². The molecule has 18 heavy (non-hydrogen) atoms. The lowest BCUT2D eigenvalue weighted by Gasteiger charge is -2.23. The number of nitrogens with zero attached hydrogens (tertiary/aromatic N) is 2. The predicted molar refractivity (Wildman–Crippen MR) is 77.3 cm³/mol. The zero-order valence-electron chi connectivity index (χ0n) is 10.9. The van der Waals surface area contributed by atoms with Gasteiger partial charge in [-0.1, -0.05) is 44.5 Å². The van der Waals surface area contributed by atoms with E-state index in [-0.39, 0.29) is 5.41 Å². The van der Waals surface area contributed by atoms with Gasteiger partial charge in [-0.05, 0) is 28.7 Å².